The van der Waals surface area contributed by atoms with Crippen LogP contribution in [0.4, 0.5) is 14.6 Å². The molecule has 120 valence electrons. The molecule has 0 aliphatic rings. The number of nitrogens with one attached hydrogen (secondary N) is 2. The van der Waals surface area contributed by atoms with Gasteiger partial charge < -0.3 is 10.1 Å². The van der Waals surface area contributed by atoms with E-state index in [1.807, 2.05) is 6.92 Å². The number of alkyl halides is 2. The van der Waals surface area contributed by atoms with E-state index in [2.05, 4.69) is 19.8 Å². The van der Waals surface area contributed by atoms with Crippen LogP contribution in [0.5, 0.6) is 0 Å². The molecule has 0 aliphatic carbocycles. The minimum atomic E-state index is -3.71. The summed E-state index contributed by atoms with van der Waals surface area (Å²) in [5.74, 6) is 0.594. The van der Waals surface area contributed by atoms with Gasteiger partial charge in [-0.1, -0.05) is 6.92 Å². The lowest BCUT2D eigenvalue weighted by Crippen LogP contribution is -2.28. The Bertz CT molecular complexity index is 509. The SMILES string of the molecule is CCCNc1ccc(S(=O)(=O)NCCOCC(F)F)cn1. The first-order chi connectivity index (χ1) is 9.95. The number of nitrogens with zero attached hydrogens (tertiary/aromatic N) is 1. The van der Waals surface area contributed by atoms with Gasteiger partial charge in [-0.05, 0) is 18.6 Å². The Labute approximate surface area is 123 Å². The Morgan fingerprint density at radius 3 is 2.67 bits per heavy atom. The average Bonchev–Trinajstić information content (AvgIpc) is 2.44. The molecule has 0 saturated heterocycles. The van der Waals surface area contributed by atoms with Crippen molar-refractivity contribution >= 4 is 15.8 Å². The van der Waals surface area contributed by atoms with Crippen molar-refractivity contribution in [3.8, 4) is 0 Å². The highest BCUT2D eigenvalue weighted by atomic mass is 32.2. The summed E-state index contributed by atoms with van der Waals surface area (Å²) in [6.45, 7) is 1.85. The van der Waals surface area contributed by atoms with Gasteiger partial charge in [0.1, 0.15) is 17.3 Å². The Kier molecular flexibility index (Phi) is 7.48. The van der Waals surface area contributed by atoms with E-state index < -0.39 is 23.1 Å². The molecular weight excluding hydrogens is 304 g/mol. The fourth-order valence-corrected chi connectivity index (χ4v) is 2.36. The molecule has 2 N–H and O–H groups in total. The van der Waals surface area contributed by atoms with Crippen LogP contribution in [-0.4, -0.2) is 46.1 Å². The number of anilines is 1. The minimum Gasteiger partial charge on any atom is -0.374 e. The third kappa shape index (κ3) is 6.78. The van der Waals surface area contributed by atoms with Crippen LogP contribution >= 0.6 is 0 Å². The first kappa shape index (κ1) is 17.7. The zero-order chi connectivity index (χ0) is 15.7. The van der Waals surface area contributed by atoms with E-state index in [-0.39, 0.29) is 18.0 Å². The number of hydrogen-bond donors (Lipinski definition) is 2. The fourth-order valence-electron chi connectivity index (χ4n) is 1.40. The zero-order valence-corrected chi connectivity index (χ0v) is 12.5. The van der Waals surface area contributed by atoms with Crippen LogP contribution in [0.1, 0.15) is 13.3 Å². The molecule has 0 spiro atoms. The summed E-state index contributed by atoms with van der Waals surface area (Å²) < 4.78 is 54.2. The molecule has 1 rings (SSSR count). The van der Waals surface area contributed by atoms with Crippen molar-refractivity contribution in [3.05, 3.63) is 18.3 Å². The third-order valence-corrected chi connectivity index (χ3v) is 3.83. The highest BCUT2D eigenvalue weighted by molar-refractivity contribution is 7.89. The van der Waals surface area contributed by atoms with E-state index in [1.165, 1.54) is 12.3 Å². The molecule has 1 aromatic rings. The molecule has 9 heteroatoms. The van der Waals surface area contributed by atoms with E-state index in [1.54, 1.807) is 6.07 Å². The molecule has 6 nitrogen and oxygen atoms in total. The molecule has 21 heavy (non-hydrogen) atoms. The van der Waals surface area contributed by atoms with Crippen molar-refractivity contribution in [3.63, 3.8) is 0 Å². The van der Waals surface area contributed by atoms with Gasteiger partial charge in [-0.25, -0.2) is 26.9 Å². The van der Waals surface area contributed by atoms with E-state index in [0.29, 0.717) is 5.82 Å². The molecule has 1 heterocycles. The van der Waals surface area contributed by atoms with Gasteiger partial charge in [0.2, 0.25) is 10.0 Å². The summed E-state index contributed by atoms with van der Waals surface area (Å²) in [4.78, 5) is 4.00. The number of ether oxygens (including phenoxy) is 1. The smallest absolute Gasteiger partial charge is 0.261 e. The predicted molar refractivity (Wildman–Crippen MR) is 75.0 cm³/mol. The van der Waals surface area contributed by atoms with Gasteiger partial charge in [0, 0.05) is 19.3 Å². The number of pyridine rings is 1. The average molecular weight is 323 g/mol. The number of sulfonamides is 1. The second-order valence-corrected chi connectivity index (χ2v) is 5.94. The molecule has 0 saturated carbocycles. The van der Waals surface area contributed by atoms with Crippen LogP contribution in [-0.2, 0) is 14.8 Å². The summed E-state index contributed by atoms with van der Waals surface area (Å²) in [5.41, 5.74) is 0. The number of rotatable bonds is 10. The molecular formula is C12H19F2N3O3S. The Morgan fingerprint density at radius 2 is 2.10 bits per heavy atom. The molecule has 0 fully saturated rings. The van der Waals surface area contributed by atoms with Gasteiger partial charge >= 0.3 is 0 Å². The summed E-state index contributed by atoms with van der Waals surface area (Å²) >= 11 is 0. The first-order valence-electron chi connectivity index (χ1n) is 6.51. The first-order valence-corrected chi connectivity index (χ1v) is 7.99. The van der Waals surface area contributed by atoms with Crippen molar-refractivity contribution in [2.75, 3.05) is 31.6 Å². The van der Waals surface area contributed by atoms with Gasteiger partial charge in [0.25, 0.3) is 6.43 Å². The normalized spacial score (nSPS) is 11.8. The monoisotopic (exact) mass is 323 g/mol. The second-order valence-electron chi connectivity index (χ2n) is 4.17. The molecule has 0 radical (unpaired) electrons. The number of aromatic nitrogens is 1. The lowest BCUT2D eigenvalue weighted by molar-refractivity contribution is 0.0199. The van der Waals surface area contributed by atoms with Crippen molar-refractivity contribution in [2.24, 2.45) is 0 Å². The van der Waals surface area contributed by atoms with Gasteiger partial charge in [0.05, 0.1) is 6.61 Å². The van der Waals surface area contributed by atoms with Crippen molar-refractivity contribution in [1.29, 1.82) is 0 Å². The van der Waals surface area contributed by atoms with Crippen LogP contribution in [0, 0.1) is 0 Å². The highest BCUT2D eigenvalue weighted by Crippen LogP contribution is 2.10. The lowest BCUT2D eigenvalue weighted by atomic mass is 10.4. The van der Waals surface area contributed by atoms with Crippen molar-refractivity contribution < 1.29 is 21.9 Å². The Balaban J connectivity index is 2.46. The van der Waals surface area contributed by atoms with Crippen LogP contribution in [0.3, 0.4) is 0 Å². The quantitative estimate of drug-likeness (QED) is 0.637. The van der Waals surface area contributed by atoms with Gasteiger partial charge in [-0.15, -0.1) is 0 Å². The molecule has 0 amide bonds. The Hall–Kier alpha value is -1.32. The largest absolute Gasteiger partial charge is 0.374 e. The van der Waals surface area contributed by atoms with E-state index >= 15 is 0 Å². The number of halogens is 2. The van der Waals surface area contributed by atoms with E-state index in [9.17, 15) is 17.2 Å². The zero-order valence-electron chi connectivity index (χ0n) is 11.7. The van der Waals surface area contributed by atoms with Crippen molar-refractivity contribution in [2.45, 2.75) is 24.7 Å². The van der Waals surface area contributed by atoms with Gasteiger partial charge in [-0.3, -0.25) is 0 Å². The molecule has 1 aromatic heterocycles. The highest BCUT2D eigenvalue weighted by Gasteiger charge is 2.14. The molecule has 0 unspecified atom stereocenters. The summed E-state index contributed by atoms with van der Waals surface area (Å²) in [7, 11) is -3.71. The maximum Gasteiger partial charge on any atom is 0.261 e. The van der Waals surface area contributed by atoms with E-state index in [0.717, 1.165) is 13.0 Å². The predicted octanol–water partition coefficient (Wildman–Crippen LogP) is 1.46. The summed E-state index contributed by atoms with van der Waals surface area (Å²) in [5, 5.41) is 3.03. The number of hydrogen-bond acceptors (Lipinski definition) is 5. The van der Waals surface area contributed by atoms with E-state index in [4.69, 9.17) is 0 Å². The van der Waals surface area contributed by atoms with Gasteiger partial charge in [0.15, 0.2) is 0 Å². The Morgan fingerprint density at radius 1 is 1.33 bits per heavy atom. The standard InChI is InChI=1S/C12H19F2N3O3S/c1-2-5-15-12-4-3-10(8-16-12)21(18,19)17-6-7-20-9-11(13)14/h3-4,8,11,17H,2,5-7,9H2,1H3,(H,15,16). The van der Waals surface area contributed by atoms with Crippen molar-refractivity contribution in [1.82, 2.24) is 9.71 Å². The summed E-state index contributed by atoms with van der Waals surface area (Å²) in [6, 6.07) is 2.99. The lowest BCUT2D eigenvalue weighted by Gasteiger charge is -2.08. The molecule has 0 bridgehead atoms. The second kappa shape index (κ2) is 8.85. The third-order valence-electron chi connectivity index (χ3n) is 2.39. The molecule has 0 aliphatic heterocycles. The maximum atomic E-state index is 11.9. The van der Waals surface area contributed by atoms with Gasteiger partial charge in [-0.2, -0.15) is 0 Å². The van der Waals surface area contributed by atoms with Crippen LogP contribution in [0.25, 0.3) is 0 Å². The van der Waals surface area contributed by atoms with Crippen LogP contribution in [0.15, 0.2) is 23.2 Å². The summed E-state index contributed by atoms with van der Waals surface area (Å²) in [6.07, 6.45) is -0.392. The molecule has 0 aromatic carbocycles. The maximum absolute atomic E-state index is 11.9. The molecule has 0 atom stereocenters. The minimum absolute atomic E-state index is 0.0124. The topological polar surface area (TPSA) is 80.3 Å². The fraction of sp³-hybridized carbons (Fsp3) is 0.583. The van der Waals surface area contributed by atoms with Crippen LogP contribution in [0.2, 0.25) is 0 Å². The van der Waals surface area contributed by atoms with Crippen LogP contribution < -0.4 is 10.0 Å².